The molecule has 0 aromatic rings. The standard InChI is InChI=1S/C15H25N3O4S/c19-12-7-15(22)18(8-12)6-5-16-13(20)9-23-10-14(21)17-11-3-1-2-4-11/h11-12,19H,1-10H2,(H,16,20)(H,17,21)/t12-/m0/s1. The molecule has 2 rings (SSSR count). The molecule has 3 amide bonds. The maximum absolute atomic E-state index is 11.7. The normalized spacial score (nSPS) is 21.7. The lowest BCUT2D eigenvalue weighted by molar-refractivity contribution is -0.128. The van der Waals surface area contributed by atoms with Gasteiger partial charge in [0.1, 0.15) is 0 Å². The molecule has 130 valence electrons. The first kappa shape index (κ1) is 18.1. The minimum absolute atomic E-state index is 0.00801. The Balaban J connectivity index is 1.49. The average Bonchev–Trinajstić information content (AvgIpc) is 3.09. The SMILES string of the molecule is O=C(CSCC(=O)NC1CCCC1)NCCN1C[C@@H](O)CC1=O. The van der Waals surface area contributed by atoms with Crippen molar-refractivity contribution in [2.24, 2.45) is 0 Å². The van der Waals surface area contributed by atoms with Gasteiger partial charge in [0.05, 0.1) is 24.0 Å². The number of hydrogen-bond acceptors (Lipinski definition) is 5. The number of thioether (sulfide) groups is 1. The molecule has 23 heavy (non-hydrogen) atoms. The van der Waals surface area contributed by atoms with Crippen LogP contribution in [0.2, 0.25) is 0 Å². The lowest BCUT2D eigenvalue weighted by atomic mass is 10.2. The molecule has 2 aliphatic rings. The number of nitrogens with one attached hydrogen (secondary N) is 2. The number of nitrogens with zero attached hydrogens (tertiary/aromatic N) is 1. The van der Waals surface area contributed by atoms with Gasteiger partial charge in [-0.3, -0.25) is 14.4 Å². The van der Waals surface area contributed by atoms with Crippen molar-refractivity contribution < 1.29 is 19.5 Å². The highest BCUT2D eigenvalue weighted by Crippen LogP contribution is 2.17. The summed E-state index contributed by atoms with van der Waals surface area (Å²) in [6.07, 6.45) is 4.04. The first-order valence-corrected chi connectivity index (χ1v) is 9.29. The molecule has 1 atom stereocenters. The molecule has 1 aliphatic carbocycles. The predicted molar refractivity (Wildman–Crippen MR) is 87.9 cm³/mol. The van der Waals surface area contributed by atoms with E-state index >= 15 is 0 Å². The molecule has 0 unspecified atom stereocenters. The number of amides is 3. The Bertz CT molecular complexity index is 440. The van der Waals surface area contributed by atoms with Crippen molar-refractivity contribution in [2.75, 3.05) is 31.1 Å². The zero-order valence-corrected chi connectivity index (χ0v) is 14.1. The van der Waals surface area contributed by atoms with E-state index in [0.717, 1.165) is 12.8 Å². The third-order valence-corrected chi connectivity index (χ3v) is 5.02. The number of hydrogen-bond donors (Lipinski definition) is 3. The number of aliphatic hydroxyl groups excluding tert-OH is 1. The zero-order valence-electron chi connectivity index (χ0n) is 13.3. The molecule has 0 bridgehead atoms. The van der Waals surface area contributed by atoms with Gasteiger partial charge in [0, 0.05) is 25.7 Å². The molecule has 7 nitrogen and oxygen atoms in total. The Morgan fingerprint density at radius 2 is 1.91 bits per heavy atom. The van der Waals surface area contributed by atoms with Gasteiger partial charge in [0.15, 0.2) is 0 Å². The summed E-state index contributed by atoms with van der Waals surface area (Å²) in [5.74, 6) is 0.293. The fraction of sp³-hybridized carbons (Fsp3) is 0.800. The molecule has 0 aromatic carbocycles. The van der Waals surface area contributed by atoms with E-state index in [1.807, 2.05) is 0 Å². The third-order valence-electron chi connectivity index (χ3n) is 4.08. The molecular formula is C15H25N3O4S. The van der Waals surface area contributed by atoms with E-state index in [-0.39, 0.29) is 29.9 Å². The minimum Gasteiger partial charge on any atom is -0.391 e. The second kappa shape index (κ2) is 9.12. The minimum atomic E-state index is -0.591. The van der Waals surface area contributed by atoms with Crippen LogP contribution in [0.1, 0.15) is 32.1 Å². The van der Waals surface area contributed by atoms with E-state index in [0.29, 0.717) is 31.4 Å². The second-order valence-corrected chi connectivity index (χ2v) is 7.07. The molecule has 3 N–H and O–H groups in total. The maximum atomic E-state index is 11.7. The number of aliphatic hydroxyl groups is 1. The number of carbonyl (C=O) groups excluding carboxylic acids is 3. The predicted octanol–water partition coefficient (Wildman–Crippen LogP) is -0.512. The van der Waals surface area contributed by atoms with Gasteiger partial charge in [0.25, 0.3) is 0 Å². The first-order valence-electron chi connectivity index (χ1n) is 8.14. The van der Waals surface area contributed by atoms with Crippen LogP contribution in [-0.2, 0) is 14.4 Å². The highest BCUT2D eigenvalue weighted by Gasteiger charge is 2.27. The maximum Gasteiger partial charge on any atom is 0.230 e. The van der Waals surface area contributed by atoms with Crippen molar-refractivity contribution in [2.45, 2.75) is 44.2 Å². The van der Waals surface area contributed by atoms with Gasteiger partial charge in [-0.15, -0.1) is 11.8 Å². The molecule has 1 saturated carbocycles. The Hall–Kier alpha value is -1.28. The summed E-state index contributed by atoms with van der Waals surface area (Å²) in [4.78, 5) is 36.4. The second-order valence-electron chi connectivity index (χ2n) is 6.09. The van der Waals surface area contributed by atoms with Crippen molar-refractivity contribution >= 4 is 29.5 Å². The van der Waals surface area contributed by atoms with Crippen molar-refractivity contribution in [1.29, 1.82) is 0 Å². The summed E-state index contributed by atoms with van der Waals surface area (Å²) in [7, 11) is 0. The van der Waals surface area contributed by atoms with Crippen molar-refractivity contribution in [3.05, 3.63) is 0 Å². The molecule has 2 fully saturated rings. The van der Waals surface area contributed by atoms with Crippen LogP contribution in [-0.4, -0.2) is 71.0 Å². The summed E-state index contributed by atoms with van der Waals surface area (Å²) in [5.41, 5.74) is 0. The summed E-state index contributed by atoms with van der Waals surface area (Å²) >= 11 is 1.29. The van der Waals surface area contributed by atoms with E-state index in [4.69, 9.17) is 0 Å². The molecule has 8 heteroatoms. The van der Waals surface area contributed by atoms with E-state index in [1.54, 1.807) is 4.90 Å². The van der Waals surface area contributed by atoms with Crippen LogP contribution in [0, 0.1) is 0 Å². The largest absolute Gasteiger partial charge is 0.391 e. The summed E-state index contributed by atoms with van der Waals surface area (Å²) in [5, 5.41) is 15.1. The fourth-order valence-corrected chi connectivity index (χ4v) is 3.58. The Morgan fingerprint density at radius 3 is 2.57 bits per heavy atom. The van der Waals surface area contributed by atoms with E-state index in [2.05, 4.69) is 10.6 Å². The average molecular weight is 343 g/mol. The quantitative estimate of drug-likeness (QED) is 0.551. The Kier molecular flexibility index (Phi) is 7.16. The van der Waals surface area contributed by atoms with E-state index in [9.17, 15) is 19.5 Å². The van der Waals surface area contributed by atoms with Crippen LogP contribution in [0.15, 0.2) is 0 Å². The van der Waals surface area contributed by atoms with Crippen LogP contribution >= 0.6 is 11.8 Å². The van der Waals surface area contributed by atoms with Gasteiger partial charge in [-0.1, -0.05) is 12.8 Å². The van der Waals surface area contributed by atoms with Crippen molar-refractivity contribution in [1.82, 2.24) is 15.5 Å². The smallest absolute Gasteiger partial charge is 0.230 e. The highest BCUT2D eigenvalue weighted by molar-refractivity contribution is 8.00. The van der Waals surface area contributed by atoms with Gasteiger partial charge >= 0.3 is 0 Å². The zero-order chi connectivity index (χ0) is 16.7. The fourth-order valence-electron chi connectivity index (χ4n) is 2.92. The molecule has 0 radical (unpaired) electrons. The van der Waals surface area contributed by atoms with Crippen molar-refractivity contribution in [3.8, 4) is 0 Å². The number of β-amino-alcohol motifs (C(OH)–C–C–N with tert-alkyl or cyclic N) is 1. The topological polar surface area (TPSA) is 98.7 Å². The van der Waals surface area contributed by atoms with Crippen LogP contribution in [0.5, 0.6) is 0 Å². The molecule has 1 aliphatic heterocycles. The number of likely N-dealkylation sites (tertiary alicyclic amines) is 1. The lowest BCUT2D eigenvalue weighted by Crippen LogP contribution is -2.37. The number of carbonyl (C=O) groups is 3. The summed E-state index contributed by atoms with van der Waals surface area (Å²) in [6, 6.07) is 0.310. The Labute approximate surface area is 140 Å². The molecular weight excluding hydrogens is 318 g/mol. The van der Waals surface area contributed by atoms with Crippen LogP contribution < -0.4 is 10.6 Å². The van der Waals surface area contributed by atoms with E-state index in [1.165, 1.54) is 24.6 Å². The summed E-state index contributed by atoms with van der Waals surface area (Å²) < 4.78 is 0. The summed E-state index contributed by atoms with van der Waals surface area (Å²) in [6.45, 7) is 1.12. The first-order chi connectivity index (χ1) is 11.0. The molecule has 1 saturated heterocycles. The van der Waals surface area contributed by atoms with Gasteiger partial charge in [0.2, 0.25) is 17.7 Å². The lowest BCUT2D eigenvalue weighted by Gasteiger charge is -2.15. The van der Waals surface area contributed by atoms with Gasteiger partial charge in [-0.25, -0.2) is 0 Å². The monoisotopic (exact) mass is 343 g/mol. The molecule has 0 aromatic heterocycles. The van der Waals surface area contributed by atoms with Crippen LogP contribution in [0.25, 0.3) is 0 Å². The Morgan fingerprint density at radius 1 is 1.22 bits per heavy atom. The van der Waals surface area contributed by atoms with Crippen molar-refractivity contribution in [3.63, 3.8) is 0 Å². The number of rotatable bonds is 8. The van der Waals surface area contributed by atoms with E-state index < -0.39 is 6.10 Å². The van der Waals surface area contributed by atoms with Gasteiger partial charge in [-0.2, -0.15) is 0 Å². The van der Waals surface area contributed by atoms with Gasteiger partial charge in [-0.05, 0) is 12.8 Å². The molecule has 0 spiro atoms. The molecule has 1 heterocycles. The highest BCUT2D eigenvalue weighted by atomic mass is 32.2. The van der Waals surface area contributed by atoms with Crippen LogP contribution in [0.4, 0.5) is 0 Å². The third kappa shape index (κ3) is 6.39. The van der Waals surface area contributed by atoms with Crippen LogP contribution in [0.3, 0.4) is 0 Å². The van der Waals surface area contributed by atoms with Gasteiger partial charge < -0.3 is 20.6 Å².